The van der Waals surface area contributed by atoms with E-state index < -0.39 is 33.7 Å². The van der Waals surface area contributed by atoms with Crippen LogP contribution < -0.4 is 15.4 Å². The number of hydrogen-bond acceptors (Lipinski definition) is 5. The molecule has 11 heteroatoms. The molecule has 3 N–H and O–H groups in total. The molecule has 0 fully saturated rings. The van der Waals surface area contributed by atoms with Crippen molar-refractivity contribution in [3.8, 4) is 0 Å². The number of rotatable bonds is 8. The molecule has 3 amide bonds. The standard InChI is InChI=1S/C20H23FN4O5S/c1-13(24-31(29,30)18-10-8-16(9-11-18)22-14(2)26)20(28)25(3)12-19(27)23-17-6-4-15(21)5-7-17/h4-11,13,24H,12H2,1-3H3,(H,22,26)(H,23,27)/t13-/m0/s1. The van der Waals surface area contributed by atoms with Crippen LogP contribution >= 0.6 is 0 Å². The molecule has 0 bridgehead atoms. The smallest absolute Gasteiger partial charge is 0.243 e. The minimum atomic E-state index is -4.01. The van der Waals surface area contributed by atoms with Gasteiger partial charge in [-0.1, -0.05) is 0 Å². The highest BCUT2D eigenvalue weighted by atomic mass is 32.2. The molecule has 9 nitrogen and oxygen atoms in total. The van der Waals surface area contributed by atoms with Gasteiger partial charge in [-0.05, 0) is 55.5 Å². The molecule has 0 aromatic heterocycles. The quantitative estimate of drug-likeness (QED) is 0.563. The largest absolute Gasteiger partial charge is 0.335 e. The number of likely N-dealkylation sites (N-methyl/N-ethyl adjacent to an activating group) is 1. The number of nitrogens with zero attached hydrogens (tertiary/aromatic N) is 1. The molecule has 2 aromatic carbocycles. The van der Waals surface area contributed by atoms with Crippen LogP contribution in [0, 0.1) is 5.82 Å². The van der Waals surface area contributed by atoms with Crippen molar-refractivity contribution < 1.29 is 27.2 Å². The monoisotopic (exact) mass is 450 g/mol. The molecule has 0 aliphatic carbocycles. The van der Waals surface area contributed by atoms with Gasteiger partial charge in [-0.2, -0.15) is 4.72 Å². The zero-order chi connectivity index (χ0) is 23.2. The number of sulfonamides is 1. The fourth-order valence-corrected chi connectivity index (χ4v) is 3.83. The number of anilines is 2. The zero-order valence-corrected chi connectivity index (χ0v) is 18.0. The molecule has 0 unspecified atom stereocenters. The summed E-state index contributed by atoms with van der Waals surface area (Å²) in [5.74, 6) is -1.88. The summed E-state index contributed by atoms with van der Waals surface area (Å²) in [5.41, 5.74) is 0.797. The Bertz CT molecular complexity index is 1060. The molecule has 1 atom stereocenters. The van der Waals surface area contributed by atoms with E-state index in [9.17, 15) is 27.2 Å². The van der Waals surface area contributed by atoms with E-state index in [0.717, 1.165) is 4.90 Å². The van der Waals surface area contributed by atoms with E-state index in [1.807, 2.05) is 0 Å². The van der Waals surface area contributed by atoms with Gasteiger partial charge in [0.05, 0.1) is 17.5 Å². The fraction of sp³-hybridized carbons (Fsp3) is 0.250. The summed E-state index contributed by atoms with van der Waals surface area (Å²) in [6, 6.07) is 9.43. The second-order valence-corrected chi connectivity index (χ2v) is 8.51. The summed E-state index contributed by atoms with van der Waals surface area (Å²) in [6.07, 6.45) is 0. The van der Waals surface area contributed by atoms with Gasteiger partial charge in [-0.15, -0.1) is 0 Å². The van der Waals surface area contributed by atoms with Gasteiger partial charge in [0.2, 0.25) is 27.7 Å². The molecule has 0 aliphatic heterocycles. The van der Waals surface area contributed by atoms with Gasteiger partial charge in [0, 0.05) is 25.3 Å². The van der Waals surface area contributed by atoms with Crippen LogP contribution in [-0.2, 0) is 24.4 Å². The third kappa shape index (κ3) is 7.15. The van der Waals surface area contributed by atoms with Gasteiger partial charge in [0.1, 0.15) is 5.82 Å². The van der Waals surface area contributed by atoms with Crippen LogP contribution in [-0.4, -0.2) is 50.7 Å². The third-order valence-corrected chi connectivity index (χ3v) is 5.63. The first-order chi connectivity index (χ1) is 14.5. The van der Waals surface area contributed by atoms with Crippen molar-refractivity contribution in [3.63, 3.8) is 0 Å². The summed E-state index contributed by atoms with van der Waals surface area (Å²) in [7, 11) is -2.65. The van der Waals surface area contributed by atoms with Crippen molar-refractivity contribution in [2.45, 2.75) is 24.8 Å². The van der Waals surface area contributed by atoms with Crippen LogP contribution in [0.25, 0.3) is 0 Å². The summed E-state index contributed by atoms with van der Waals surface area (Å²) < 4.78 is 40.2. The normalized spacial score (nSPS) is 12.0. The Hall–Kier alpha value is -3.31. The van der Waals surface area contributed by atoms with Crippen molar-refractivity contribution in [1.29, 1.82) is 0 Å². The van der Waals surface area contributed by atoms with Crippen molar-refractivity contribution in [3.05, 3.63) is 54.3 Å². The maximum atomic E-state index is 12.9. The van der Waals surface area contributed by atoms with Crippen LogP contribution in [0.2, 0.25) is 0 Å². The minimum Gasteiger partial charge on any atom is -0.335 e. The second kappa shape index (κ2) is 10.1. The average Bonchev–Trinajstić information content (AvgIpc) is 2.68. The molecular formula is C20H23FN4O5S. The molecule has 2 aromatic rings. The average molecular weight is 450 g/mol. The molecular weight excluding hydrogens is 427 g/mol. The highest BCUT2D eigenvalue weighted by Crippen LogP contribution is 2.15. The molecule has 166 valence electrons. The topological polar surface area (TPSA) is 125 Å². The number of nitrogens with one attached hydrogen (secondary N) is 3. The van der Waals surface area contributed by atoms with E-state index >= 15 is 0 Å². The van der Waals surface area contributed by atoms with E-state index in [1.54, 1.807) is 0 Å². The number of amides is 3. The van der Waals surface area contributed by atoms with Crippen molar-refractivity contribution >= 4 is 39.1 Å². The van der Waals surface area contributed by atoms with Crippen LogP contribution in [0.1, 0.15) is 13.8 Å². The minimum absolute atomic E-state index is 0.0852. The van der Waals surface area contributed by atoms with E-state index in [4.69, 9.17) is 0 Å². The van der Waals surface area contributed by atoms with Crippen molar-refractivity contribution in [1.82, 2.24) is 9.62 Å². The Morgan fingerprint density at radius 1 is 0.968 bits per heavy atom. The number of hydrogen-bond donors (Lipinski definition) is 3. The SMILES string of the molecule is CC(=O)Nc1ccc(S(=O)(=O)N[C@@H](C)C(=O)N(C)CC(=O)Nc2ccc(F)cc2)cc1. The van der Waals surface area contributed by atoms with Crippen LogP contribution in [0.5, 0.6) is 0 Å². The first-order valence-corrected chi connectivity index (χ1v) is 10.7. The third-order valence-electron chi connectivity index (χ3n) is 4.07. The first-order valence-electron chi connectivity index (χ1n) is 9.18. The molecule has 2 rings (SSSR count). The lowest BCUT2D eigenvalue weighted by Gasteiger charge is -2.21. The zero-order valence-electron chi connectivity index (χ0n) is 17.2. The summed E-state index contributed by atoms with van der Waals surface area (Å²) >= 11 is 0. The Labute approximate surface area is 179 Å². The van der Waals surface area contributed by atoms with Crippen molar-refractivity contribution in [2.24, 2.45) is 0 Å². The van der Waals surface area contributed by atoms with E-state index in [-0.39, 0.29) is 17.3 Å². The maximum Gasteiger partial charge on any atom is 0.243 e. The molecule has 0 radical (unpaired) electrons. The number of halogens is 1. The summed E-state index contributed by atoms with van der Waals surface area (Å²) in [4.78, 5) is 36.6. The Kier molecular flexibility index (Phi) is 7.83. The van der Waals surface area contributed by atoms with Crippen LogP contribution in [0.4, 0.5) is 15.8 Å². The van der Waals surface area contributed by atoms with Crippen LogP contribution in [0.15, 0.2) is 53.4 Å². The van der Waals surface area contributed by atoms with Gasteiger partial charge in [0.15, 0.2) is 0 Å². The molecule has 31 heavy (non-hydrogen) atoms. The molecule has 0 saturated heterocycles. The van der Waals surface area contributed by atoms with Gasteiger partial charge in [-0.25, -0.2) is 12.8 Å². The number of carbonyl (C=O) groups excluding carboxylic acids is 3. The Morgan fingerprint density at radius 2 is 1.48 bits per heavy atom. The molecule has 0 heterocycles. The van der Waals surface area contributed by atoms with Crippen LogP contribution in [0.3, 0.4) is 0 Å². The Morgan fingerprint density at radius 3 is 2.03 bits per heavy atom. The predicted molar refractivity (Wildman–Crippen MR) is 113 cm³/mol. The fourth-order valence-electron chi connectivity index (χ4n) is 2.63. The molecule has 0 aliphatic rings. The second-order valence-electron chi connectivity index (χ2n) is 6.80. The molecule has 0 saturated carbocycles. The number of benzene rings is 2. The van der Waals surface area contributed by atoms with E-state index in [1.165, 1.54) is 69.4 Å². The van der Waals surface area contributed by atoms with E-state index in [0.29, 0.717) is 11.4 Å². The van der Waals surface area contributed by atoms with Gasteiger partial charge in [-0.3, -0.25) is 14.4 Å². The summed E-state index contributed by atoms with van der Waals surface area (Å²) in [6.45, 7) is 2.36. The lowest BCUT2D eigenvalue weighted by atomic mass is 10.3. The van der Waals surface area contributed by atoms with Gasteiger partial charge >= 0.3 is 0 Å². The lowest BCUT2D eigenvalue weighted by Crippen LogP contribution is -2.47. The summed E-state index contributed by atoms with van der Waals surface area (Å²) in [5, 5.41) is 5.04. The predicted octanol–water partition coefficient (Wildman–Crippen LogP) is 1.55. The van der Waals surface area contributed by atoms with Gasteiger partial charge in [0.25, 0.3) is 0 Å². The first kappa shape index (κ1) is 24.0. The Balaban J connectivity index is 1.95. The highest BCUT2D eigenvalue weighted by Gasteiger charge is 2.25. The highest BCUT2D eigenvalue weighted by molar-refractivity contribution is 7.89. The number of carbonyl (C=O) groups is 3. The van der Waals surface area contributed by atoms with E-state index in [2.05, 4.69) is 15.4 Å². The lowest BCUT2D eigenvalue weighted by molar-refractivity contribution is -0.134. The van der Waals surface area contributed by atoms with Gasteiger partial charge < -0.3 is 15.5 Å². The molecule has 0 spiro atoms. The van der Waals surface area contributed by atoms with Crippen molar-refractivity contribution in [2.75, 3.05) is 24.2 Å². The maximum absolute atomic E-state index is 12.9.